The zero-order chi connectivity index (χ0) is 11.4. The standard InChI is InChI=1S/C10H21NO3/c1-7(12)8(13-4)6-9(14-5)10(2,3)11/h8-9,12H,1,6,11H2,2-5H3. The van der Waals surface area contributed by atoms with Crippen molar-refractivity contribution in [2.24, 2.45) is 5.73 Å². The lowest BCUT2D eigenvalue weighted by Gasteiger charge is -2.31. The number of hydrogen-bond donors (Lipinski definition) is 2. The van der Waals surface area contributed by atoms with Gasteiger partial charge in [0.15, 0.2) is 0 Å². The summed E-state index contributed by atoms with van der Waals surface area (Å²) in [6.07, 6.45) is -0.120. The van der Waals surface area contributed by atoms with Crippen LogP contribution in [0.1, 0.15) is 20.3 Å². The third-order valence-corrected chi connectivity index (χ3v) is 2.20. The topological polar surface area (TPSA) is 64.7 Å². The summed E-state index contributed by atoms with van der Waals surface area (Å²) < 4.78 is 10.3. The normalized spacial score (nSPS) is 16.4. The minimum Gasteiger partial charge on any atom is -0.510 e. The molecule has 0 aromatic carbocycles. The molecule has 0 aliphatic heterocycles. The molecule has 0 saturated carbocycles. The van der Waals surface area contributed by atoms with Gasteiger partial charge in [-0.2, -0.15) is 0 Å². The maximum absolute atomic E-state index is 9.21. The van der Waals surface area contributed by atoms with E-state index in [1.165, 1.54) is 7.11 Å². The van der Waals surface area contributed by atoms with Crippen LogP contribution in [0.2, 0.25) is 0 Å². The molecule has 0 spiro atoms. The van der Waals surface area contributed by atoms with E-state index < -0.39 is 11.6 Å². The minimum absolute atomic E-state index is 0.00111. The van der Waals surface area contributed by atoms with Crippen molar-refractivity contribution in [1.29, 1.82) is 0 Å². The first-order valence-corrected chi connectivity index (χ1v) is 4.55. The van der Waals surface area contributed by atoms with Gasteiger partial charge in [0.25, 0.3) is 0 Å². The van der Waals surface area contributed by atoms with E-state index >= 15 is 0 Å². The van der Waals surface area contributed by atoms with Crippen LogP contribution in [0.3, 0.4) is 0 Å². The molecule has 0 rings (SSSR count). The molecule has 3 N–H and O–H groups in total. The van der Waals surface area contributed by atoms with E-state index in [0.29, 0.717) is 6.42 Å². The monoisotopic (exact) mass is 203 g/mol. The van der Waals surface area contributed by atoms with Crippen LogP contribution in [0.15, 0.2) is 12.3 Å². The maximum Gasteiger partial charge on any atom is 0.116 e. The molecule has 0 saturated heterocycles. The quantitative estimate of drug-likeness (QED) is 0.637. The molecule has 2 unspecified atom stereocenters. The van der Waals surface area contributed by atoms with Gasteiger partial charge in [0.2, 0.25) is 0 Å². The van der Waals surface area contributed by atoms with E-state index in [-0.39, 0.29) is 11.9 Å². The van der Waals surface area contributed by atoms with E-state index in [2.05, 4.69) is 6.58 Å². The van der Waals surface area contributed by atoms with Gasteiger partial charge < -0.3 is 20.3 Å². The second-order valence-electron chi connectivity index (χ2n) is 4.00. The molecular weight excluding hydrogens is 182 g/mol. The van der Waals surface area contributed by atoms with Gasteiger partial charge >= 0.3 is 0 Å². The summed E-state index contributed by atoms with van der Waals surface area (Å²) in [6.45, 7) is 7.17. The Morgan fingerprint density at radius 2 is 1.93 bits per heavy atom. The number of aliphatic hydroxyl groups excluding tert-OH is 1. The van der Waals surface area contributed by atoms with Gasteiger partial charge in [-0.25, -0.2) is 0 Å². The molecule has 0 amide bonds. The molecular formula is C10H21NO3. The molecule has 0 aliphatic rings. The molecule has 0 aromatic heterocycles. The Balaban J connectivity index is 4.37. The van der Waals surface area contributed by atoms with Crippen molar-refractivity contribution >= 4 is 0 Å². The molecule has 4 heteroatoms. The van der Waals surface area contributed by atoms with Crippen molar-refractivity contribution in [1.82, 2.24) is 0 Å². The highest BCUT2D eigenvalue weighted by atomic mass is 16.5. The Labute approximate surface area is 85.7 Å². The van der Waals surface area contributed by atoms with Gasteiger partial charge in [0.1, 0.15) is 11.9 Å². The second kappa shape index (κ2) is 5.34. The predicted octanol–water partition coefficient (Wildman–Crippen LogP) is 1.22. The van der Waals surface area contributed by atoms with Crippen molar-refractivity contribution < 1.29 is 14.6 Å². The van der Waals surface area contributed by atoms with Crippen LogP contribution in [-0.2, 0) is 9.47 Å². The number of rotatable bonds is 6. The van der Waals surface area contributed by atoms with E-state index in [4.69, 9.17) is 15.2 Å². The first kappa shape index (κ1) is 13.4. The third kappa shape index (κ3) is 4.09. The summed E-state index contributed by atoms with van der Waals surface area (Å²) in [5, 5.41) is 9.21. The minimum atomic E-state index is -0.471. The van der Waals surface area contributed by atoms with E-state index in [0.717, 1.165) is 0 Å². The highest BCUT2D eigenvalue weighted by molar-refractivity contribution is 4.95. The van der Waals surface area contributed by atoms with Crippen molar-refractivity contribution in [3.8, 4) is 0 Å². The highest BCUT2D eigenvalue weighted by Gasteiger charge is 2.28. The zero-order valence-corrected chi connectivity index (χ0v) is 9.41. The van der Waals surface area contributed by atoms with Crippen LogP contribution in [0, 0.1) is 0 Å². The molecule has 0 fully saturated rings. The Kier molecular flexibility index (Phi) is 5.12. The summed E-state index contributed by atoms with van der Waals surface area (Å²) in [5.41, 5.74) is 5.43. The smallest absolute Gasteiger partial charge is 0.116 e. The van der Waals surface area contributed by atoms with Crippen LogP contribution >= 0.6 is 0 Å². The second-order valence-corrected chi connectivity index (χ2v) is 4.00. The molecule has 0 heterocycles. The number of aliphatic hydroxyl groups is 1. The first-order valence-electron chi connectivity index (χ1n) is 4.55. The number of methoxy groups -OCH3 is 2. The van der Waals surface area contributed by atoms with Crippen LogP contribution in [-0.4, -0.2) is 37.1 Å². The SMILES string of the molecule is C=C(O)C(CC(OC)C(C)(C)N)OC. The van der Waals surface area contributed by atoms with Crippen LogP contribution in [0.25, 0.3) is 0 Å². The average molecular weight is 203 g/mol. The fourth-order valence-electron chi connectivity index (χ4n) is 1.27. The fourth-order valence-corrected chi connectivity index (χ4v) is 1.27. The Morgan fingerprint density at radius 3 is 2.14 bits per heavy atom. The van der Waals surface area contributed by atoms with Crippen LogP contribution in [0.5, 0.6) is 0 Å². The van der Waals surface area contributed by atoms with Gasteiger partial charge in [-0.05, 0) is 13.8 Å². The number of ether oxygens (including phenoxy) is 2. The van der Waals surface area contributed by atoms with Gasteiger partial charge in [-0.1, -0.05) is 6.58 Å². The summed E-state index contributed by atoms with van der Waals surface area (Å²) in [4.78, 5) is 0. The molecule has 4 nitrogen and oxygen atoms in total. The van der Waals surface area contributed by atoms with Crippen LogP contribution < -0.4 is 5.73 Å². The zero-order valence-electron chi connectivity index (χ0n) is 9.41. The molecule has 0 aliphatic carbocycles. The fraction of sp³-hybridized carbons (Fsp3) is 0.800. The van der Waals surface area contributed by atoms with Gasteiger partial charge in [-0.15, -0.1) is 0 Å². The largest absolute Gasteiger partial charge is 0.510 e. The molecule has 0 aromatic rings. The Bertz CT molecular complexity index is 186. The lowest BCUT2D eigenvalue weighted by molar-refractivity contribution is -0.00747. The maximum atomic E-state index is 9.21. The summed E-state index contributed by atoms with van der Waals surface area (Å²) in [6, 6.07) is 0. The van der Waals surface area contributed by atoms with Crippen molar-refractivity contribution in [3.63, 3.8) is 0 Å². The average Bonchev–Trinajstić information content (AvgIpc) is 2.03. The Hall–Kier alpha value is -0.580. The molecule has 84 valence electrons. The summed E-state index contributed by atoms with van der Waals surface area (Å²) in [7, 11) is 3.11. The van der Waals surface area contributed by atoms with Crippen molar-refractivity contribution in [2.45, 2.75) is 38.0 Å². The molecule has 0 radical (unpaired) electrons. The van der Waals surface area contributed by atoms with Crippen molar-refractivity contribution in [2.75, 3.05) is 14.2 Å². The molecule has 14 heavy (non-hydrogen) atoms. The van der Waals surface area contributed by atoms with Crippen LogP contribution in [0.4, 0.5) is 0 Å². The molecule has 0 bridgehead atoms. The predicted molar refractivity (Wildman–Crippen MR) is 56.2 cm³/mol. The Morgan fingerprint density at radius 1 is 1.43 bits per heavy atom. The lowest BCUT2D eigenvalue weighted by Crippen LogP contribution is -2.48. The van der Waals surface area contributed by atoms with E-state index in [9.17, 15) is 5.11 Å². The van der Waals surface area contributed by atoms with Gasteiger partial charge in [0, 0.05) is 26.2 Å². The van der Waals surface area contributed by atoms with E-state index in [1.54, 1.807) is 7.11 Å². The highest BCUT2D eigenvalue weighted by Crippen LogP contribution is 2.18. The van der Waals surface area contributed by atoms with Gasteiger partial charge in [0.05, 0.1) is 6.10 Å². The van der Waals surface area contributed by atoms with E-state index in [1.807, 2.05) is 13.8 Å². The lowest BCUT2D eigenvalue weighted by atomic mass is 9.93. The van der Waals surface area contributed by atoms with Gasteiger partial charge in [-0.3, -0.25) is 0 Å². The number of hydrogen-bond acceptors (Lipinski definition) is 4. The summed E-state index contributed by atoms with van der Waals surface area (Å²) in [5.74, 6) is -0.00111. The van der Waals surface area contributed by atoms with Crippen molar-refractivity contribution in [3.05, 3.63) is 12.3 Å². The number of nitrogens with two attached hydrogens (primary N) is 1. The summed E-state index contributed by atoms with van der Waals surface area (Å²) >= 11 is 0. The molecule has 2 atom stereocenters. The third-order valence-electron chi connectivity index (χ3n) is 2.20. The first-order chi connectivity index (χ1) is 6.32.